The molecule has 0 radical (unpaired) electrons. The molecule has 1 atom stereocenters. The molecule has 1 unspecified atom stereocenters. The van der Waals surface area contributed by atoms with Crippen molar-refractivity contribution < 1.29 is 9.84 Å². The van der Waals surface area contributed by atoms with Gasteiger partial charge >= 0.3 is 0 Å². The molecule has 90 valence electrons. The molecule has 0 bridgehead atoms. The van der Waals surface area contributed by atoms with Crippen molar-refractivity contribution in [3.05, 3.63) is 0 Å². The molecular formula is C12H25NO2. The Morgan fingerprint density at radius 2 is 1.93 bits per heavy atom. The van der Waals surface area contributed by atoms with E-state index in [2.05, 4.69) is 11.8 Å². The summed E-state index contributed by atoms with van der Waals surface area (Å²) in [6.45, 7) is 7.80. The van der Waals surface area contributed by atoms with E-state index in [0.717, 1.165) is 32.7 Å². The summed E-state index contributed by atoms with van der Waals surface area (Å²) in [4.78, 5) is 2.49. The average molecular weight is 215 g/mol. The van der Waals surface area contributed by atoms with Crippen LogP contribution in [0, 0.1) is 5.92 Å². The maximum Gasteiger partial charge on any atom is 0.0594 e. The van der Waals surface area contributed by atoms with Gasteiger partial charge in [0.25, 0.3) is 0 Å². The number of hydrogen-bond donors (Lipinski definition) is 1. The molecule has 0 saturated carbocycles. The standard InChI is InChI=1S/C12H25NO2/c1-12(5-9-14)4-2-3-6-13-7-10-15-11-8-13/h12,14H,2-11H2,1H3. The number of morpholine rings is 1. The fraction of sp³-hybridized carbons (Fsp3) is 1.00. The molecule has 1 saturated heterocycles. The minimum Gasteiger partial charge on any atom is -0.396 e. The number of aliphatic hydroxyl groups excluding tert-OH is 1. The molecule has 1 fully saturated rings. The van der Waals surface area contributed by atoms with E-state index in [4.69, 9.17) is 9.84 Å². The van der Waals surface area contributed by atoms with Crippen LogP contribution in [-0.2, 0) is 4.74 Å². The second kappa shape index (κ2) is 8.08. The van der Waals surface area contributed by atoms with Gasteiger partial charge in [-0.25, -0.2) is 0 Å². The number of rotatable bonds is 7. The van der Waals surface area contributed by atoms with E-state index in [-0.39, 0.29) is 0 Å². The first-order valence-corrected chi connectivity index (χ1v) is 6.24. The van der Waals surface area contributed by atoms with E-state index >= 15 is 0 Å². The van der Waals surface area contributed by atoms with Gasteiger partial charge in [-0.3, -0.25) is 4.90 Å². The van der Waals surface area contributed by atoms with Crippen molar-refractivity contribution in [2.24, 2.45) is 5.92 Å². The van der Waals surface area contributed by atoms with Crippen molar-refractivity contribution in [1.29, 1.82) is 0 Å². The molecule has 0 spiro atoms. The molecule has 1 N–H and O–H groups in total. The molecule has 1 aliphatic rings. The molecule has 0 aliphatic carbocycles. The van der Waals surface area contributed by atoms with Crippen molar-refractivity contribution in [2.75, 3.05) is 39.5 Å². The van der Waals surface area contributed by atoms with Gasteiger partial charge in [0, 0.05) is 19.7 Å². The lowest BCUT2D eigenvalue weighted by atomic mass is 10.0. The lowest BCUT2D eigenvalue weighted by molar-refractivity contribution is 0.0370. The highest BCUT2D eigenvalue weighted by molar-refractivity contribution is 4.62. The predicted molar refractivity (Wildman–Crippen MR) is 62.0 cm³/mol. The third-order valence-corrected chi connectivity index (χ3v) is 3.15. The van der Waals surface area contributed by atoms with E-state index < -0.39 is 0 Å². The molecule has 0 aromatic rings. The highest BCUT2D eigenvalue weighted by Crippen LogP contribution is 2.11. The van der Waals surface area contributed by atoms with Gasteiger partial charge in [0.1, 0.15) is 0 Å². The normalized spacial score (nSPS) is 20.4. The zero-order chi connectivity index (χ0) is 10.9. The van der Waals surface area contributed by atoms with Crippen LogP contribution in [0.25, 0.3) is 0 Å². The molecule has 0 aromatic heterocycles. The Morgan fingerprint density at radius 3 is 2.60 bits per heavy atom. The molecule has 1 rings (SSSR count). The summed E-state index contributed by atoms with van der Waals surface area (Å²) in [5.41, 5.74) is 0. The number of unbranched alkanes of at least 4 members (excludes halogenated alkanes) is 1. The van der Waals surface area contributed by atoms with Crippen LogP contribution in [0.2, 0.25) is 0 Å². The average Bonchev–Trinajstić information content (AvgIpc) is 2.26. The Morgan fingerprint density at radius 1 is 1.20 bits per heavy atom. The van der Waals surface area contributed by atoms with Crippen molar-refractivity contribution >= 4 is 0 Å². The quantitative estimate of drug-likeness (QED) is 0.653. The Bertz CT molecular complexity index is 147. The fourth-order valence-corrected chi connectivity index (χ4v) is 2.02. The molecular weight excluding hydrogens is 190 g/mol. The van der Waals surface area contributed by atoms with Crippen LogP contribution in [0.5, 0.6) is 0 Å². The monoisotopic (exact) mass is 215 g/mol. The molecule has 3 heteroatoms. The summed E-state index contributed by atoms with van der Waals surface area (Å²) in [6.07, 6.45) is 4.79. The van der Waals surface area contributed by atoms with Crippen LogP contribution < -0.4 is 0 Å². The number of nitrogens with zero attached hydrogens (tertiary/aromatic N) is 1. The minimum atomic E-state index is 0.338. The minimum absolute atomic E-state index is 0.338. The fourth-order valence-electron chi connectivity index (χ4n) is 2.02. The number of aliphatic hydroxyl groups is 1. The summed E-state index contributed by atoms with van der Waals surface area (Å²) in [7, 11) is 0. The zero-order valence-corrected chi connectivity index (χ0v) is 9.95. The maximum atomic E-state index is 8.77. The van der Waals surface area contributed by atoms with Gasteiger partial charge in [-0.1, -0.05) is 19.8 Å². The summed E-state index contributed by atoms with van der Waals surface area (Å²) >= 11 is 0. The number of ether oxygens (including phenoxy) is 1. The highest BCUT2D eigenvalue weighted by Gasteiger charge is 2.09. The third-order valence-electron chi connectivity index (χ3n) is 3.15. The van der Waals surface area contributed by atoms with Gasteiger partial charge in [-0.2, -0.15) is 0 Å². The Labute approximate surface area is 93.4 Å². The summed E-state index contributed by atoms with van der Waals surface area (Å²) < 4.78 is 5.31. The first-order valence-electron chi connectivity index (χ1n) is 6.24. The molecule has 15 heavy (non-hydrogen) atoms. The molecule has 0 aromatic carbocycles. The van der Waals surface area contributed by atoms with Crippen LogP contribution in [0.1, 0.15) is 32.6 Å². The summed E-state index contributed by atoms with van der Waals surface area (Å²) in [5.74, 6) is 0.680. The Balaban J connectivity index is 1.91. The van der Waals surface area contributed by atoms with Gasteiger partial charge < -0.3 is 9.84 Å². The summed E-state index contributed by atoms with van der Waals surface area (Å²) in [5, 5.41) is 8.77. The van der Waals surface area contributed by atoms with Crippen LogP contribution in [-0.4, -0.2) is 49.5 Å². The van der Waals surface area contributed by atoms with Gasteiger partial charge in [0.05, 0.1) is 13.2 Å². The van der Waals surface area contributed by atoms with Gasteiger partial charge in [-0.05, 0) is 25.3 Å². The van der Waals surface area contributed by atoms with Crippen LogP contribution in [0.4, 0.5) is 0 Å². The van der Waals surface area contributed by atoms with Crippen LogP contribution in [0.15, 0.2) is 0 Å². The van der Waals surface area contributed by atoms with Crippen molar-refractivity contribution in [2.45, 2.75) is 32.6 Å². The van der Waals surface area contributed by atoms with Gasteiger partial charge in [0.2, 0.25) is 0 Å². The zero-order valence-electron chi connectivity index (χ0n) is 9.95. The lowest BCUT2D eigenvalue weighted by Crippen LogP contribution is -2.36. The molecule has 3 nitrogen and oxygen atoms in total. The van der Waals surface area contributed by atoms with Gasteiger partial charge in [-0.15, -0.1) is 0 Å². The van der Waals surface area contributed by atoms with E-state index in [1.165, 1.54) is 25.8 Å². The second-order valence-corrected chi connectivity index (χ2v) is 4.57. The number of hydrogen-bond acceptors (Lipinski definition) is 3. The van der Waals surface area contributed by atoms with Crippen molar-refractivity contribution in [1.82, 2.24) is 4.90 Å². The van der Waals surface area contributed by atoms with E-state index in [0.29, 0.717) is 12.5 Å². The third kappa shape index (κ3) is 6.13. The molecule has 1 heterocycles. The topological polar surface area (TPSA) is 32.7 Å². The van der Waals surface area contributed by atoms with Crippen molar-refractivity contribution in [3.63, 3.8) is 0 Å². The van der Waals surface area contributed by atoms with E-state index in [9.17, 15) is 0 Å². The van der Waals surface area contributed by atoms with Crippen LogP contribution in [0.3, 0.4) is 0 Å². The Kier molecular flexibility index (Phi) is 6.98. The smallest absolute Gasteiger partial charge is 0.0594 e. The lowest BCUT2D eigenvalue weighted by Gasteiger charge is -2.26. The Hall–Kier alpha value is -0.120. The summed E-state index contributed by atoms with van der Waals surface area (Å²) in [6, 6.07) is 0. The first-order chi connectivity index (χ1) is 7.33. The van der Waals surface area contributed by atoms with Crippen LogP contribution >= 0.6 is 0 Å². The van der Waals surface area contributed by atoms with E-state index in [1.807, 2.05) is 0 Å². The van der Waals surface area contributed by atoms with Crippen molar-refractivity contribution in [3.8, 4) is 0 Å². The second-order valence-electron chi connectivity index (χ2n) is 4.57. The van der Waals surface area contributed by atoms with E-state index in [1.54, 1.807) is 0 Å². The maximum absolute atomic E-state index is 8.77. The predicted octanol–water partition coefficient (Wildman–Crippen LogP) is 1.51. The SMILES string of the molecule is CC(CCO)CCCCN1CCOCC1. The molecule has 0 amide bonds. The highest BCUT2D eigenvalue weighted by atomic mass is 16.5. The largest absolute Gasteiger partial charge is 0.396 e. The van der Waals surface area contributed by atoms with Gasteiger partial charge in [0.15, 0.2) is 0 Å². The molecule has 1 aliphatic heterocycles. The first kappa shape index (κ1) is 12.9.